The van der Waals surface area contributed by atoms with Crippen LogP contribution in [-0.2, 0) is 18.6 Å². The number of fused-ring (bicyclic) bond motifs is 1. The molecule has 4 aromatic rings. The van der Waals surface area contributed by atoms with E-state index in [0.717, 1.165) is 23.2 Å². The fourth-order valence-electron chi connectivity index (χ4n) is 4.27. The maximum Gasteiger partial charge on any atom is 0.252 e. The Morgan fingerprint density at radius 1 is 1.11 bits per heavy atom. The summed E-state index contributed by atoms with van der Waals surface area (Å²) < 4.78 is 20.7. The summed E-state index contributed by atoms with van der Waals surface area (Å²) in [6, 6.07) is 13.8. The Morgan fingerprint density at radius 3 is 2.51 bits per heavy atom. The van der Waals surface area contributed by atoms with Crippen molar-refractivity contribution in [2.75, 3.05) is 7.11 Å². The van der Waals surface area contributed by atoms with E-state index in [1.165, 1.54) is 12.1 Å². The van der Waals surface area contributed by atoms with Gasteiger partial charge in [-0.15, -0.1) is 5.10 Å². The molecule has 0 aliphatic rings. The van der Waals surface area contributed by atoms with E-state index in [2.05, 4.69) is 32.3 Å². The average Bonchev–Trinajstić information content (AvgIpc) is 3.31. The van der Waals surface area contributed by atoms with Gasteiger partial charge in [0.15, 0.2) is 5.82 Å². The molecule has 0 saturated carbocycles. The van der Waals surface area contributed by atoms with Crippen LogP contribution >= 0.6 is 0 Å². The van der Waals surface area contributed by atoms with Crippen LogP contribution in [0.5, 0.6) is 5.75 Å². The van der Waals surface area contributed by atoms with E-state index in [9.17, 15) is 9.18 Å². The number of aromatic amines is 1. The zero-order valence-corrected chi connectivity index (χ0v) is 20.7. The Hall–Kier alpha value is -3.59. The first kappa shape index (κ1) is 24.5. The zero-order valence-electron chi connectivity index (χ0n) is 20.7. The van der Waals surface area contributed by atoms with Gasteiger partial charge in [-0.1, -0.05) is 19.1 Å². The third-order valence-electron chi connectivity index (χ3n) is 6.06. The number of hydrogen-bond donors (Lipinski definition) is 1. The number of aromatic nitrogens is 5. The van der Waals surface area contributed by atoms with E-state index in [1.807, 2.05) is 49.7 Å². The molecular weight excluding hydrogens is 447 g/mol. The smallest absolute Gasteiger partial charge is 0.252 e. The molecular formula is C26H31FN6O2. The lowest BCUT2D eigenvalue weighted by Gasteiger charge is -2.32. The fourth-order valence-corrected chi connectivity index (χ4v) is 4.27. The predicted octanol–water partition coefficient (Wildman–Crippen LogP) is 4.57. The van der Waals surface area contributed by atoms with Gasteiger partial charge >= 0.3 is 0 Å². The van der Waals surface area contributed by atoms with Gasteiger partial charge in [0.05, 0.1) is 24.2 Å². The van der Waals surface area contributed by atoms with Gasteiger partial charge < -0.3 is 9.72 Å². The summed E-state index contributed by atoms with van der Waals surface area (Å²) in [5.41, 5.74) is 1.79. The van der Waals surface area contributed by atoms with Gasteiger partial charge in [0.25, 0.3) is 5.56 Å². The molecule has 0 saturated heterocycles. The van der Waals surface area contributed by atoms with Gasteiger partial charge in [-0.3, -0.25) is 9.69 Å². The summed E-state index contributed by atoms with van der Waals surface area (Å²) in [6.07, 6.45) is 0.723. The van der Waals surface area contributed by atoms with Crippen molar-refractivity contribution in [3.63, 3.8) is 0 Å². The van der Waals surface area contributed by atoms with Crippen LogP contribution in [0.2, 0.25) is 0 Å². The van der Waals surface area contributed by atoms with Crippen molar-refractivity contribution in [2.45, 2.75) is 58.8 Å². The second-order valence-electron chi connectivity index (χ2n) is 9.65. The van der Waals surface area contributed by atoms with Gasteiger partial charge in [-0.05, 0) is 78.9 Å². The second-order valence-corrected chi connectivity index (χ2v) is 9.65. The van der Waals surface area contributed by atoms with Crippen LogP contribution in [0.15, 0.2) is 53.3 Å². The molecule has 184 valence electrons. The molecule has 1 N–H and O–H groups in total. The lowest BCUT2D eigenvalue weighted by molar-refractivity contribution is 0.153. The highest BCUT2D eigenvalue weighted by atomic mass is 19.1. The van der Waals surface area contributed by atoms with Crippen molar-refractivity contribution in [3.05, 3.63) is 81.7 Å². The van der Waals surface area contributed by atoms with Crippen molar-refractivity contribution >= 4 is 10.9 Å². The highest BCUT2D eigenvalue weighted by Crippen LogP contribution is 2.29. The minimum Gasteiger partial charge on any atom is -0.497 e. The first-order valence-corrected chi connectivity index (χ1v) is 11.7. The molecule has 0 amide bonds. The number of halogens is 1. The number of hydrogen-bond acceptors (Lipinski definition) is 6. The molecule has 0 unspecified atom stereocenters. The van der Waals surface area contributed by atoms with Crippen molar-refractivity contribution in [3.8, 4) is 5.75 Å². The number of pyridine rings is 1. The Morgan fingerprint density at radius 2 is 1.86 bits per heavy atom. The van der Waals surface area contributed by atoms with E-state index in [0.29, 0.717) is 29.9 Å². The third kappa shape index (κ3) is 5.40. The van der Waals surface area contributed by atoms with E-state index < -0.39 is 0 Å². The molecule has 1 atom stereocenters. The Balaban J connectivity index is 1.76. The van der Waals surface area contributed by atoms with Gasteiger partial charge in [0.2, 0.25) is 0 Å². The number of nitrogens with zero attached hydrogens (tertiary/aromatic N) is 5. The van der Waals surface area contributed by atoms with E-state index in [1.54, 1.807) is 19.2 Å². The zero-order chi connectivity index (χ0) is 25.2. The minimum absolute atomic E-state index is 0.166. The molecule has 0 aliphatic heterocycles. The fraction of sp³-hybridized carbons (Fsp3) is 0.385. The average molecular weight is 479 g/mol. The van der Waals surface area contributed by atoms with Crippen LogP contribution in [0.4, 0.5) is 4.39 Å². The number of nitrogens with one attached hydrogen (secondary N) is 1. The molecule has 2 heterocycles. The van der Waals surface area contributed by atoms with Crippen LogP contribution in [0.25, 0.3) is 10.9 Å². The number of benzene rings is 2. The number of methoxy groups -OCH3 is 1. The molecule has 35 heavy (non-hydrogen) atoms. The maximum atomic E-state index is 13.6. The van der Waals surface area contributed by atoms with Crippen molar-refractivity contribution < 1.29 is 9.13 Å². The highest BCUT2D eigenvalue weighted by Gasteiger charge is 2.29. The molecule has 2 aromatic carbocycles. The number of rotatable bonds is 8. The molecule has 2 aromatic heterocycles. The van der Waals surface area contributed by atoms with Gasteiger partial charge in [0, 0.05) is 24.7 Å². The molecule has 0 aliphatic carbocycles. The van der Waals surface area contributed by atoms with E-state index in [-0.39, 0.29) is 23.0 Å². The SMILES string of the molecule is CC[C@H](c1nnnn1C(C)(C)C)N(Cc1ccc(F)cc1)Cc1cc2ccc(OC)cc2[nH]c1=O. The first-order chi connectivity index (χ1) is 16.7. The highest BCUT2D eigenvalue weighted by molar-refractivity contribution is 5.80. The third-order valence-corrected chi connectivity index (χ3v) is 6.06. The van der Waals surface area contributed by atoms with Crippen LogP contribution < -0.4 is 10.3 Å². The number of H-pyrrole nitrogens is 1. The van der Waals surface area contributed by atoms with Crippen molar-refractivity contribution in [1.29, 1.82) is 0 Å². The Kier molecular flexibility index (Phi) is 6.98. The van der Waals surface area contributed by atoms with Gasteiger partial charge in [-0.25, -0.2) is 9.07 Å². The van der Waals surface area contributed by atoms with Crippen molar-refractivity contribution in [2.24, 2.45) is 0 Å². The molecule has 9 heteroatoms. The van der Waals surface area contributed by atoms with Crippen LogP contribution in [-0.4, -0.2) is 37.2 Å². The van der Waals surface area contributed by atoms with E-state index >= 15 is 0 Å². The van der Waals surface area contributed by atoms with E-state index in [4.69, 9.17) is 4.74 Å². The van der Waals surface area contributed by atoms with Crippen LogP contribution in [0, 0.1) is 5.82 Å². The number of tetrazole rings is 1. The van der Waals surface area contributed by atoms with Crippen LogP contribution in [0.3, 0.4) is 0 Å². The second kappa shape index (κ2) is 9.95. The summed E-state index contributed by atoms with van der Waals surface area (Å²) in [4.78, 5) is 18.2. The molecule has 0 radical (unpaired) electrons. The Labute approximate surface area is 203 Å². The number of ether oxygens (including phenoxy) is 1. The molecule has 4 rings (SSSR count). The molecule has 0 fully saturated rings. The van der Waals surface area contributed by atoms with Gasteiger partial charge in [0.1, 0.15) is 11.6 Å². The summed E-state index contributed by atoms with van der Waals surface area (Å²) >= 11 is 0. The normalized spacial score (nSPS) is 12.9. The summed E-state index contributed by atoms with van der Waals surface area (Å²) in [5.74, 6) is 1.12. The lowest BCUT2D eigenvalue weighted by atomic mass is 10.0. The predicted molar refractivity (Wildman–Crippen MR) is 133 cm³/mol. The molecule has 0 spiro atoms. The first-order valence-electron chi connectivity index (χ1n) is 11.7. The van der Waals surface area contributed by atoms with Crippen molar-refractivity contribution in [1.82, 2.24) is 30.1 Å². The monoisotopic (exact) mass is 478 g/mol. The maximum absolute atomic E-state index is 13.6. The molecule has 8 nitrogen and oxygen atoms in total. The quantitative estimate of drug-likeness (QED) is 0.399. The largest absolute Gasteiger partial charge is 0.497 e. The summed E-state index contributed by atoms with van der Waals surface area (Å²) in [7, 11) is 1.59. The van der Waals surface area contributed by atoms with Crippen LogP contribution in [0.1, 0.15) is 57.1 Å². The van der Waals surface area contributed by atoms with Gasteiger partial charge in [-0.2, -0.15) is 0 Å². The minimum atomic E-state index is -0.312. The standard InChI is InChI=1S/C26H31FN6O2/c1-6-23(24-29-30-31-33(24)26(2,3)4)32(15-17-7-10-20(27)11-8-17)16-19-13-18-9-12-21(35-5)14-22(18)28-25(19)34/h7-14,23H,6,15-16H2,1-5H3,(H,28,34)/t23-/m1/s1. The lowest BCUT2D eigenvalue weighted by Crippen LogP contribution is -2.35. The topological polar surface area (TPSA) is 88.9 Å². The summed E-state index contributed by atoms with van der Waals surface area (Å²) in [5, 5.41) is 13.5. The molecule has 0 bridgehead atoms. The Bertz CT molecular complexity index is 1360. The summed E-state index contributed by atoms with van der Waals surface area (Å²) in [6.45, 7) is 9.07.